The summed E-state index contributed by atoms with van der Waals surface area (Å²) in [6.45, 7) is 0. The van der Waals surface area contributed by atoms with Crippen LogP contribution in [0.5, 0.6) is 0 Å². The minimum atomic E-state index is -0.427. The Morgan fingerprint density at radius 2 is 2.06 bits per heavy atom. The van der Waals surface area contributed by atoms with Gasteiger partial charge in [0.05, 0.1) is 6.26 Å². The Kier molecular flexibility index (Phi) is 3.41. The Bertz CT molecular complexity index is 512. The Morgan fingerprint density at radius 1 is 1.29 bits per heavy atom. The van der Waals surface area contributed by atoms with E-state index in [1.54, 1.807) is 24.5 Å². The van der Waals surface area contributed by atoms with E-state index in [1.165, 1.54) is 12.3 Å². The maximum absolute atomic E-state index is 11.5. The standard InChI is InChI=1S/C10H8N4O2S/c15-8(7-3-1-6-16-7)13-10(17)14-9-11-4-2-5-12-9/h1-6H,(H2,11,12,13,14,15,17). The first-order valence-corrected chi connectivity index (χ1v) is 5.09. The molecule has 0 fully saturated rings. The molecule has 0 saturated carbocycles. The number of furan rings is 1. The molecule has 7 heteroatoms. The smallest absolute Gasteiger partial charge is 0.293 e. The van der Waals surface area contributed by atoms with Crippen molar-refractivity contribution in [1.29, 1.82) is 0 Å². The minimum Gasteiger partial charge on any atom is -0.459 e. The monoisotopic (exact) mass is 248 g/mol. The Balaban J connectivity index is 1.92. The average Bonchev–Trinajstić information content (AvgIpc) is 2.83. The fourth-order valence-corrected chi connectivity index (χ4v) is 1.25. The summed E-state index contributed by atoms with van der Waals surface area (Å²) in [5.74, 6) is 0.0730. The summed E-state index contributed by atoms with van der Waals surface area (Å²) in [4.78, 5) is 19.3. The molecule has 0 unspecified atom stereocenters. The van der Waals surface area contributed by atoms with E-state index in [1.807, 2.05) is 0 Å². The predicted molar refractivity (Wildman–Crippen MR) is 64.4 cm³/mol. The summed E-state index contributed by atoms with van der Waals surface area (Å²) >= 11 is 4.92. The van der Waals surface area contributed by atoms with Crippen molar-refractivity contribution in [3.05, 3.63) is 42.6 Å². The molecule has 2 aromatic rings. The normalized spacial score (nSPS) is 9.65. The van der Waals surface area contributed by atoms with Gasteiger partial charge in [-0.3, -0.25) is 10.1 Å². The topological polar surface area (TPSA) is 80.0 Å². The molecule has 2 rings (SSSR count). The van der Waals surface area contributed by atoms with Gasteiger partial charge in [-0.05, 0) is 30.4 Å². The zero-order valence-corrected chi connectivity index (χ0v) is 9.40. The third-order valence-corrected chi connectivity index (χ3v) is 1.97. The lowest BCUT2D eigenvalue weighted by Gasteiger charge is -2.05. The molecular weight excluding hydrogens is 240 g/mol. The lowest BCUT2D eigenvalue weighted by molar-refractivity contribution is 0.0950. The van der Waals surface area contributed by atoms with Crippen LogP contribution in [-0.4, -0.2) is 21.0 Å². The molecule has 0 atom stereocenters. The van der Waals surface area contributed by atoms with Crippen LogP contribution in [0.4, 0.5) is 5.95 Å². The summed E-state index contributed by atoms with van der Waals surface area (Å²) in [6.07, 6.45) is 4.53. The molecule has 86 valence electrons. The summed E-state index contributed by atoms with van der Waals surface area (Å²) in [5.41, 5.74) is 0. The minimum absolute atomic E-state index is 0.109. The molecule has 0 bridgehead atoms. The van der Waals surface area contributed by atoms with Crippen molar-refractivity contribution < 1.29 is 9.21 Å². The lowest BCUT2D eigenvalue weighted by Crippen LogP contribution is -2.34. The second-order valence-corrected chi connectivity index (χ2v) is 3.37. The van der Waals surface area contributed by atoms with Crippen LogP contribution in [0, 0.1) is 0 Å². The van der Waals surface area contributed by atoms with Crippen LogP contribution in [0.3, 0.4) is 0 Å². The number of hydrogen-bond acceptors (Lipinski definition) is 5. The van der Waals surface area contributed by atoms with Crippen LogP contribution in [0.1, 0.15) is 10.6 Å². The number of hydrogen-bond donors (Lipinski definition) is 2. The van der Waals surface area contributed by atoms with Crippen LogP contribution in [0.25, 0.3) is 0 Å². The second-order valence-electron chi connectivity index (χ2n) is 2.96. The Morgan fingerprint density at radius 3 is 2.71 bits per heavy atom. The first-order valence-electron chi connectivity index (χ1n) is 4.68. The summed E-state index contributed by atoms with van der Waals surface area (Å²) in [5, 5.41) is 5.22. The van der Waals surface area contributed by atoms with E-state index in [0.717, 1.165) is 0 Å². The number of nitrogens with one attached hydrogen (secondary N) is 2. The maximum Gasteiger partial charge on any atom is 0.293 e. The number of thiocarbonyl (C=S) groups is 1. The van der Waals surface area contributed by atoms with Crippen LogP contribution in [0.15, 0.2) is 41.3 Å². The Labute approximate surface area is 102 Å². The molecule has 0 aliphatic heterocycles. The number of nitrogens with zero attached hydrogens (tertiary/aromatic N) is 2. The summed E-state index contributed by atoms with van der Waals surface area (Å²) in [6, 6.07) is 4.83. The zero-order chi connectivity index (χ0) is 12.1. The van der Waals surface area contributed by atoms with Gasteiger partial charge < -0.3 is 9.73 Å². The van der Waals surface area contributed by atoms with E-state index < -0.39 is 5.91 Å². The lowest BCUT2D eigenvalue weighted by atomic mass is 10.4. The zero-order valence-electron chi connectivity index (χ0n) is 8.58. The molecular formula is C10H8N4O2S. The first kappa shape index (κ1) is 11.2. The highest BCUT2D eigenvalue weighted by Gasteiger charge is 2.10. The second kappa shape index (κ2) is 5.17. The van der Waals surface area contributed by atoms with E-state index in [4.69, 9.17) is 16.6 Å². The molecule has 0 saturated heterocycles. The number of carbonyl (C=O) groups is 1. The van der Waals surface area contributed by atoms with Crippen molar-refractivity contribution in [3.8, 4) is 0 Å². The number of anilines is 1. The van der Waals surface area contributed by atoms with Crippen LogP contribution >= 0.6 is 12.2 Å². The van der Waals surface area contributed by atoms with Gasteiger partial charge in [-0.15, -0.1) is 0 Å². The van der Waals surface area contributed by atoms with Crippen LogP contribution in [-0.2, 0) is 0 Å². The molecule has 0 radical (unpaired) electrons. The van der Waals surface area contributed by atoms with Crippen molar-refractivity contribution in [1.82, 2.24) is 15.3 Å². The van der Waals surface area contributed by atoms with E-state index in [0.29, 0.717) is 5.95 Å². The number of carbonyl (C=O) groups excluding carboxylic acids is 1. The van der Waals surface area contributed by atoms with Gasteiger partial charge in [-0.2, -0.15) is 0 Å². The van der Waals surface area contributed by atoms with Crippen molar-refractivity contribution in [3.63, 3.8) is 0 Å². The van der Waals surface area contributed by atoms with Crippen molar-refractivity contribution in [2.45, 2.75) is 0 Å². The van der Waals surface area contributed by atoms with Gasteiger partial charge >= 0.3 is 0 Å². The fourth-order valence-electron chi connectivity index (χ4n) is 1.07. The average molecular weight is 248 g/mol. The quantitative estimate of drug-likeness (QED) is 0.777. The number of rotatable bonds is 2. The van der Waals surface area contributed by atoms with E-state index in [-0.39, 0.29) is 10.9 Å². The molecule has 0 aliphatic carbocycles. The summed E-state index contributed by atoms with van der Waals surface area (Å²) < 4.78 is 4.92. The molecule has 1 amide bonds. The van der Waals surface area contributed by atoms with E-state index in [9.17, 15) is 4.79 Å². The van der Waals surface area contributed by atoms with Gasteiger partial charge in [0.15, 0.2) is 10.9 Å². The predicted octanol–water partition coefficient (Wildman–Crippen LogP) is 1.20. The Hall–Kier alpha value is -2.28. The molecule has 2 N–H and O–H groups in total. The molecule has 0 aliphatic rings. The summed E-state index contributed by atoms with van der Waals surface area (Å²) in [7, 11) is 0. The largest absolute Gasteiger partial charge is 0.459 e. The van der Waals surface area contributed by atoms with E-state index >= 15 is 0 Å². The van der Waals surface area contributed by atoms with Crippen LogP contribution in [0.2, 0.25) is 0 Å². The van der Waals surface area contributed by atoms with Gasteiger partial charge in [0.2, 0.25) is 5.95 Å². The molecule has 0 spiro atoms. The van der Waals surface area contributed by atoms with Crippen molar-refractivity contribution >= 4 is 29.2 Å². The van der Waals surface area contributed by atoms with E-state index in [2.05, 4.69) is 20.6 Å². The van der Waals surface area contributed by atoms with Gasteiger partial charge in [0.1, 0.15) is 0 Å². The number of aromatic nitrogens is 2. The third kappa shape index (κ3) is 3.08. The molecule has 0 aromatic carbocycles. The fraction of sp³-hybridized carbons (Fsp3) is 0. The van der Waals surface area contributed by atoms with Crippen molar-refractivity contribution in [2.24, 2.45) is 0 Å². The maximum atomic E-state index is 11.5. The van der Waals surface area contributed by atoms with Crippen molar-refractivity contribution in [2.75, 3.05) is 5.32 Å². The van der Waals surface area contributed by atoms with Gasteiger partial charge in [-0.25, -0.2) is 9.97 Å². The molecule has 6 nitrogen and oxygen atoms in total. The van der Waals surface area contributed by atoms with Gasteiger partial charge in [0, 0.05) is 12.4 Å². The molecule has 2 aromatic heterocycles. The van der Waals surface area contributed by atoms with Gasteiger partial charge in [0.25, 0.3) is 5.91 Å². The highest BCUT2D eigenvalue weighted by Crippen LogP contribution is 2.00. The third-order valence-electron chi connectivity index (χ3n) is 1.76. The first-order chi connectivity index (χ1) is 8.25. The molecule has 2 heterocycles. The van der Waals surface area contributed by atoms with Crippen LogP contribution < -0.4 is 10.6 Å². The highest BCUT2D eigenvalue weighted by atomic mass is 32.1. The van der Waals surface area contributed by atoms with Gasteiger partial charge in [-0.1, -0.05) is 0 Å². The molecule has 17 heavy (non-hydrogen) atoms. The SMILES string of the molecule is O=C(NC(=S)Nc1ncccn1)c1ccco1. The highest BCUT2D eigenvalue weighted by molar-refractivity contribution is 7.80. The number of amides is 1.